The molecule has 1 aliphatic heterocycles. The van der Waals surface area contributed by atoms with Crippen LogP contribution in [0.2, 0.25) is 0 Å². The Morgan fingerprint density at radius 3 is 2.36 bits per heavy atom. The van der Waals surface area contributed by atoms with E-state index in [1.807, 2.05) is 41.8 Å². The van der Waals surface area contributed by atoms with E-state index in [1.54, 1.807) is 17.9 Å². The molecule has 1 saturated carbocycles. The van der Waals surface area contributed by atoms with E-state index in [2.05, 4.69) is 17.2 Å². The van der Waals surface area contributed by atoms with Crippen LogP contribution in [0.3, 0.4) is 0 Å². The zero-order valence-electron chi connectivity index (χ0n) is 31.3. The molecule has 0 amide bonds. The molecule has 4 N–H and O–H groups in total. The van der Waals surface area contributed by atoms with Crippen molar-refractivity contribution in [2.24, 2.45) is 11.8 Å². The maximum absolute atomic E-state index is 12.5. The number of nitrogens with zero attached hydrogens (tertiary/aromatic N) is 4. The van der Waals surface area contributed by atoms with E-state index in [1.165, 1.54) is 7.11 Å². The summed E-state index contributed by atoms with van der Waals surface area (Å²) in [6.07, 6.45) is 3.21. The molecule has 0 saturated heterocycles. The van der Waals surface area contributed by atoms with Crippen molar-refractivity contribution >= 4 is 41.4 Å². The standard InChI is InChI=1S/C36H56N6O10S/c1-6-36(4,25(2)3)52-35(48)51-17-16-50-15-12-37-34(53)39-30-11-10-26(30)18-29-21-41(24-33(47)49-5)14-13-40(22-31(43)44)19-27-8-7-9-28(38-27)20-42(29)23-32(45)46/h6-9,25-26,29-30H,1,10-24H2,2-5H3,(H,43,44)(H,45,46)(H2,37,39,53)/t26-,29+,30?,36?/m1/s1. The van der Waals surface area contributed by atoms with Gasteiger partial charge in [-0.2, -0.15) is 0 Å². The van der Waals surface area contributed by atoms with Gasteiger partial charge in [0.15, 0.2) is 5.11 Å². The quantitative estimate of drug-likeness (QED) is 0.0735. The van der Waals surface area contributed by atoms with Crippen LogP contribution >= 0.6 is 12.2 Å². The number of aromatic nitrogens is 1. The molecule has 2 unspecified atom stereocenters. The number of nitrogens with one attached hydrogen (secondary N) is 2. The average Bonchev–Trinajstić information content (AvgIpc) is 3.08. The Labute approximate surface area is 317 Å². The number of carbonyl (C=O) groups is 4. The lowest BCUT2D eigenvalue weighted by Crippen LogP contribution is -2.54. The smallest absolute Gasteiger partial charge is 0.480 e. The minimum absolute atomic E-state index is 0.0239. The van der Waals surface area contributed by atoms with Gasteiger partial charge in [-0.05, 0) is 68.4 Å². The third kappa shape index (κ3) is 15.2. The first kappa shape index (κ1) is 43.5. The van der Waals surface area contributed by atoms with Gasteiger partial charge in [0.2, 0.25) is 0 Å². The van der Waals surface area contributed by atoms with Crippen LogP contribution in [0.25, 0.3) is 0 Å². The molecule has 2 heterocycles. The lowest BCUT2D eigenvalue weighted by molar-refractivity contribution is -0.143. The summed E-state index contributed by atoms with van der Waals surface area (Å²) in [5.41, 5.74) is 0.529. The van der Waals surface area contributed by atoms with Gasteiger partial charge in [-0.1, -0.05) is 26.5 Å². The van der Waals surface area contributed by atoms with E-state index in [4.69, 9.17) is 36.1 Å². The van der Waals surface area contributed by atoms with Crippen molar-refractivity contribution in [3.63, 3.8) is 0 Å². The zero-order chi connectivity index (χ0) is 39.0. The van der Waals surface area contributed by atoms with Gasteiger partial charge in [0.05, 0.1) is 51.3 Å². The number of carboxylic acid groups (broad SMARTS) is 2. The number of hydrogen-bond acceptors (Lipinski definition) is 13. The van der Waals surface area contributed by atoms with Gasteiger partial charge in [-0.15, -0.1) is 0 Å². The normalized spacial score (nSPS) is 21.1. The first-order valence-corrected chi connectivity index (χ1v) is 18.4. The fourth-order valence-electron chi connectivity index (χ4n) is 6.17. The maximum Gasteiger partial charge on any atom is 0.509 e. The van der Waals surface area contributed by atoms with Gasteiger partial charge in [-0.25, -0.2) is 4.79 Å². The fraction of sp³-hybridized carbons (Fsp3) is 0.667. The van der Waals surface area contributed by atoms with Gasteiger partial charge in [0.25, 0.3) is 0 Å². The average molecular weight is 765 g/mol. The van der Waals surface area contributed by atoms with Gasteiger partial charge in [0, 0.05) is 51.4 Å². The molecule has 1 aliphatic carbocycles. The molecule has 3 rings (SSSR count). The van der Waals surface area contributed by atoms with Crippen LogP contribution in [0.4, 0.5) is 4.79 Å². The lowest BCUT2D eigenvalue weighted by atomic mass is 9.75. The number of esters is 1. The van der Waals surface area contributed by atoms with Crippen molar-refractivity contribution < 1.29 is 48.3 Å². The van der Waals surface area contributed by atoms with E-state index in [9.17, 15) is 29.4 Å². The van der Waals surface area contributed by atoms with Gasteiger partial charge in [-0.3, -0.25) is 34.1 Å². The molecule has 0 aromatic carbocycles. The minimum atomic E-state index is -0.977. The summed E-state index contributed by atoms with van der Waals surface area (Å²) in [7, 11) is 1.32. The second-order valence-corrected chi connectivity index (χ2v) is 14.3. The molecule has 4 atom stereocenters. The van der Waals surface area contributed by atoms with Gasteiger partial charge >= 0.3 is 24.1 Å². The third-order valence-corrected chi connectivity index (χ3v) is 10.0. The summed E-state index contributed by atoms with van der Waals surface area (Å²) < 4.78 is 21.0. The van der Waals surface area contributed by atoms with E-state index >= 15 is 0 Å². The molecule has 16 nitrogen and oxygen atoms in total. The van der Waals surface area contributed by atoms with E-state index in [-0.39, 0.29) is 63.3 Å². The number of carboxylic acids is 2. The molecule has 0 spiro atoms. The summed E-state index contributed by atoms with van der Waals surface area (Å²) in [6.45, 7) is 11.5. The second-order valence-electron chi connectivity index (χ2n) is 13.9. The number of carbonyl (C=O) groups excluding carboxylic acids is 2. The van der Waals surface area contributed by atoms with Gasteiger partial charge in [0.1, 0.15) is 12.2 Å². The Balaban J connectivity index is 1.59. The number of pyridine rings is 1. The van der Waals surface area contributed by atoms with Crippen molar-refractivity contribution in [1.82, 2.24) is 30.3 Å². The highest BCUT2D eigenvalue weighted by atomic mass is 32.1. The Morgan fingerprint density at radius 1 is 1.04 bits per heavy atom. The number of fused-ring (bicyclic) bond motifs is 2. The monoisotopic (exact) mass is 764 g/mol. The highest BCUT2D eigenvalue weighted by Gasteiger charge is 2.36. The van der Waals surface area contributed by atoms with Crippen molar-refractivity contribution in [1.29, 1.82) is 0 Å². The van der Waals surface area contributed by atoms with Crippen LogP contribution in [-0.4, -0.2) is 150 Å². The first-order valence-electron chi connectivity index (χ1n) is 18.0. The third-order valence-electron chi connectivity index (χ3n) is 9.75. The van der Waals surface area contributed by atoms with Crippen molar-refractivity contribution in [3.8, 4) is 0 Å². The second kappa shape index (κ2) is 21.7. The van der Waals surface area contributed by atoms with E-state index in [0.717, 1.165) is 12.8 Å². The van der Waals surface area contributed by atoms with Crippen LogP contribution in [0.1, 0.15) is 51.4 Å². The minimum Gasteiger partial charge on any atom is -0.480 e. The molecule has 2 bridgehead atoms. The number of ether oxygens (including phenoxy) is 4. The summed E-state index contributed by atoms with van der Waals surface area (Å²) in [6, 6.07) is 5.28. The number of rotatable bonds is 18. The Bertz CT molecular complexity index is 1400. The molecular weight excluding hydrogens is 708 g/mol. The molecule has 1 aromatic rings. The van der Waals surface area contributed by atoms with E-state index in [0.29, 0.717) is 62.3 Å². The Hall–Kier alpha value is -3.90. The highest BCUT2D eigenvalue weighted by molar-refractivity contribution is 7.80. The zero-order valence-corrected chi connectivity index (χ0v) is 32.1. The predicted molar refractivity (Wildman–Crippen MR) is 199 cm³/mol. The van der Waals surface area contributed by atoms with Crippen LogP contribution in [-0.2, 0) is 46.4 Å². The van der Waals surface area contributed by atoms with Gasteiger partial charge < -0.3 is 39.8 Å². The Kier molecular flexibility index (Phi) is 17.8. The topological polar surface area (TPSA) is 192 Å². The number of hydrogen-bond donors (Lipinski definition) is 4. The highest BCUT2D eigenvalue weighted by Crippen LogP contribution is 2.33. The summed E-state index contributed by atoms with van der Waals surface area (Å²) in [5, 5.41) is 26.5. The number of thiocarbonyl (C=S) groups is 1. The molecule has 53 heavy (non-hydrogen) atoms. The molecule has 1 aromatic heterocycles. The van der Waals surface area contributed by atoms with Crippen LogP contribution in [0, 0.1) is 11.8 Å². The predicted octanol–water partition coefficient (Wildman–Crippen LogP) is 2.12. The maximum atomic E-state index is 12.5. The summed E-state index contributed by atoms with van der Waals surface area (Å²) in [5.74, 6) is -2.18. The molecule has 17 heteroatoms. The molecule has 296 valence electrons. The molecule has 0 radical (unpaired) electrons. The molecular formula is C36H56N6O10S. The first-order chi connectivity index (χ1) is 25.2. The lowest BCUT2D eigenvalue weighted by Gasteiger charge is -2.43. The largest absolute Gasteiger partial charge is 0.509 e. The van der Waals surface area contributed by atoms with Crippen molar-refractivity contribution in [2.45, 2.75) is 70.8 Å². The summed E-state index contributed by atoms with van der Waals surface area (Å²) in [4.78, 5) is 58.7. The SMILES string of the molecule is C=CC(C)(OC(=O)OCCOCCNC(=S)NC1CC[C@@H]1C[C@H]1CN(CC(=O)OC)CCN(CC(=O)O)Cc2cccc(n2)CN1CC(=O)O)C(C)C. The van der Waals surface area contributed by atoms with Crippen LogP contribution in [0.15, 0.2) is 30.9 Å². The Morgan fingerprint density at radius 2 is 1.74 bits per heavy atom. The van der Waals surface area contributed by atoms with Crippen LogP contribution < -0.4 is 10.6 Å². The van der Waals surface area contributed by atoms with Crippen molar-refractivity contribution in [3.05, 3.63) is 42.2 Å². The molecule has 1 fully saturated rings. The van der Waals surface area contributed by atoms with E-state index < -0.39 is 29.7 Å². The summed E-state index contributed by atoms with van der Waals surface area (Å²) >= 11 is 5.56. The molecule has 2 aliphatic rings. The van der Waals surface area contributed by atoms with Crippen LogP contribution in [0.5, 0.6) is 0 Å². The number of methoxy groups -OCH3 is 1. The number of aliphatic carboxylic acids is 2. The van der Waals surface area contributed by atoms with Crippen molar-refractivity contribution in [2.75, 3.05) is 72.7 Å². The fourth-order valence-corrected chi connectivity index (χ4v) is 6.43.